The first-order valence-corrected chi connectivity index (χ1v) is 8.59. The molecular weight excluding hydrogens is 377 g/mol. The number of anilines is 1. The Morgan fingerprint density at radius 2 is 1.85 bits per heavy atom. The third kappa shape index (κ3) is 4.62. The Hall–Kier alpha value is -2.94. The van der Waals surface area contributed by atoms with E-state index in [0.29, 0.717) is 10.6 Å². The zero-order valence-corrected chi connectivity index (χ0v) is 16.0. The number of amides is 1. The van der Waals surface area contributed by atoms with E-state index in [-0.39, 0.29) is 16.9 Å². The van der Waals surface area contributed by atoms with Crippen molar-refractivity contribution in [2.45, 2.75) is 13.8 Å². The van der Waals surface area contributed by atoms with E-state index in [9.17, 15) is 18.8 Å². The second kappa shape index (κ2) is 8.63. The molecule has 0 aliphatic rings. The van der Waals surface area contributed by atoms with E-state index in [4.69, 9.17) is 14.2 Å². The minimum absolute atomic E-state index is 0.251. The van der Waals surface area contributed by atoms with Crippen LogP contribution in [0.4, 0.5) is 9.39 Å². The lowest BCUT2D eigenvalue weighted by molar-refractivity contribution is -0.119. The van der Waals surface area contributed by atoms with Crippen molar-refractivity contribution in [1.82, 2.24) is 0 Å². The van der Waals surface area contributed by atoms with Crippen LogP contribution >= 0.6 is 11.3 Å². The van der Waals surface area contributed by atoms with Gasteiger partial charge >= 0.3 is 11.9 Å². The van der Waals surface area contributed by atoms with Gasteiger partial charge in [0.2, 0.25) is 0 Å². The van der Waals surface area contributed by atoms with E-state index < -0.39 is 30.3 Å². The second-order valence-corrected chi connectivity index (χ2v) is 6.67. The van der Waals surface area contributed by atoms with Crippen molar-refractivity contribution < 1.29 is 33.0 Å². The molecule has 0 atom stereocenters. The van der Waals surface area contributed by atoms with Gasteiger partial charge in [-0.05, 0) is 31.5 Å². The average Bonchev–Trinajstić information content (AvgIpc) is 2.92. The van der Waals surface area contributed by atoms with E-state index in [1.807, 2.05) is 0 Å². The summed E-state index contributed by atoms with van der Waals surface area (Å²) in [6.45, 7) is 2.90. The predicted molar refractivity (Wildman–Crippen MR) is 97.0 cm³/mol. The van der Waals surface area contributed by atoms with Gasteiger partial charge in [0.05, 0.1) is 25.3 Å². The Labute approximate surface area is 159 Å². The highest BCUT2D eigenvalue weighted by Crippen LogP contribution is 2.32. The van der Waals surface area contributed by atoms with Crippen molar-refractivity contribution in [2.24, 2.45) is 0 Å². The molecule has 0 bridgehead atoms. The molecule has 2 rings (SSSR count). The van der Waals surface area contributed by atoms with Crippen molar-refractivity contribution in [1.29, 1.82) is 0 Å². The lowest BCUT2D eigenvalue weighted by Gasteiger charge is -2.08. The molecule has 1 amide bonds. The van der Waals surface area contributed by atoms with Crippen LogP contribution in [0.5, 0.6) is 5.75 Å². The molecular formula is C18H18FNO6S. The van der Waals surface area contributed by atoms with Gasteiger partial charge in [-0.2, -0.15) is 0 Å². The van der Waals surface area contributed by atoms with Crippen molar-refractivity contribution in [3.63, 3.8) is 0 Å². The average molecular weight is 395 g/mol. The van der Waals surface area contributed by atoms with Crippen LogP contribution in [0.2, 0.25) is 0 Å². The van der Waals surface area contributed by atoms with Gasteiger partial charge in [0.25, 0.3) is 5.91 Å². The Morgan fingerprint density at radius 1 is 1.15 bits per heavy atom. The number of nitrogens with one attached hydrogen (secondary N) is 1. The predicted octanol–water partition coefficient (Wildman–Crippen LogP) is 3.09. The summed E-state index contributed by atoms with van der Waals surface area (Å²) in [6.07, 6.45) is 0. The SMILES string of the molecule is COC(=O)c1c(NC(=O)COC(=O)c2ccc(OC)cc2F)sc(C)c1C. The largest absolute Gasteiger partial charge is 0.497 e. The highest BCUT2D eigenvalue weighted by molar-refractivity contribution is 7.16. The number of rotatable bonds is 6. The molecule has 1 N–H and O–H groups in total. The zero-order chi connectivity index (χ0) is 20.1. The number of hydrogen-bond acceptors (Lipinski definition) is 7. The summed E-state index contributed by atoms with van der Waals surface area (Å²) in [6, 6.07) is 3.64. The van der Waals surface area contributed by atoms with Crippen molar-refractivity contribution in [3.05, 3.63) is 45.6 Å². The fourth-order valence-electron chi connectivity index (χ4n) is 2.22. The minimum atomic E-state index is -0.989. The quantitative estimate of drug-likeness (QED) is 0.756. The van der Waals surface area contributed by atoms with Crippen LogP contribution in [0.25, 0.3) is 0 Å². The number of methoxy groups -OCH3 is 2. The Morgan fingerprint density at radius 3 is 2.44 bits per heavy atom. The van der Waals surface area contributed by atoms with Crippen molar-refractivity contribution >= 4 is 34.2 Å². The Kier molecular flexibility index (Phi) is 6.51. The maximum atomic E-state index is 13.9. The van der Waals surface area contributed by atoms with Crippen LogP contribution in [0.15, 0.2) is 18.2 Å². The smallest absolute Gasteiger partial charge is 0.341 e. The van der Waals surface area contributed by atoms with E-state index in [2.05, 4.69) is 5.32 Å². The molecule has 0 spiro atoms. The van der Waals surface area contributed by atoms with Gasteiger partial charge in [-0.15, -0.1) is 11.3 Å². The molecule has 1 aromatic carbocycles. The summed E-state index contributed by atoms with van der Waals surface area (Å²) >= 11 is 1.20. The first-order valence-electron chi connectivity index (χ1n) is 7.77. The van der Waals surface area contributed by atoms with E-state index in [1.54, 1.807) is 13.8 Å². The lowest BCUT2D eigenvalue weighted by atomic mass is 10.1. The standard InChI is InChI=1S/C18H18FNO6S/c1-9-10(2)27-16(15(9)18(23)25-4)20-14(21)8-26-17(22)12-6-5-11(24-3)7-13(12)19/h5-7H,8H2,1-4H3,(H,20,21). The van der Waals surface area contributed by atoms with Crippen LogP contribution in [0, 0.1) is 19.7 Å². The number of halogens is 1. The molecule has 0 aliphatic carbocycles. The second-order valence-electron chi connectivity index (χ2n) is 5.45. The number of thiophene rings is 1. The van der Waals surface area contributed by atoms with Gasteiger partial charge in [0, 0.05) is 10.9 Å². The summed E-state index contributed by atoms with van der Waals surface area (Å²) in [5, 5.41) is 2.81. The molecule has 0 radical (unpaired) electrons. The van der Waals surface area contributed by atoms with Gasteiger partial charge in [-0.3, -0.25) is 4.79 Å². The number of hydrogen-bond donors (Lipinski definition) is 1. The number of carbonyl (C=O) groups excluding carboxylic acids is 3. The highest BCUT2D eigenvalue weighted by Gasteiger charge is 2.22. The van der Waals surface area contributed by atoms with Gasteiger partial charge in [-0.1, -0.05) is 0 Å². The molecule has 27 heavy (non-hydrogen) atoms. The fourth-order valence-corrected chi connectivity index (χ4v) is 3.29. The monoisotopic (exact) mass is 395 g/mol. The highest BCUT2D eigenvalue weighted by atomic mass is 32.1. The van der Waals surface area contributed by atoms with Gasteiger partial charge in [0.1, 0.15) is 16.6 Å². The normalized spacial score (nSPS) is 10.3. The summed E-state index contributed by atoms with van der Waals surface area (Å²) < 4.78 is 28.3. The molecule has 1 heterocycles. The van der Waals surface area contributed by atoms with E-state index in [0.717, 1.165) is 10.9 Å². The summed E-state index contributed by atoms with van der Waals surface area (Å²) in [5.41, 5.74) is 0.627. The van der Waals surface area contributed by atoms with Gasteiger partial charge < -0.3 is 19.5 Å². The molecule has 144 valence electrons. The van der Waals surface area contributed by atoms with Crippen molar-refractivity contribution in [2.75, 3.05) is 26.1 Å². The first kappa shape index (κ1) is 20.4. The molecule has 2 aromatic rings. The molecule has 7 nitrogen and oxygen atoms in total. The van der Waals surface area contributed by atoms with Crippen LogP contribution in [-0.4, -0.2) is 38.7 Å². The third-order valence-electron chi connectivity index (χ3n) is 3.76. The number of benzene rings is 1. The topological polar surface area (TPSA) is 90.9 Å². The Bertz CT molecular complexity index is 892. The number of carbonyl (C=O) groups is 3. The summed E-state index contributed by atoms with van der Waals surface area (Å²) in [4.78, 5) is 36.7. The van der Waals surface area contributed by atoms with E-state index in [1.165, 1.54) is 37.7 Å². The first-order chi connectivity index (χ1) is 12.8. The maximum Gasteiger partial charge on any atom is 0.341 e. The van der Waals surface area contributed by atoms with Crippen LogP contribution in [-0.2, 0) is 14.3 Å². The molecule has 0 saturated carbocycles. The molecule has 0 aliphatic heterocycles. The fraction of sp³-hybridized carbons (Fsp3) is 0.278. The number of aryl methyl sites for hydroxylation is 1. The number of esters is 2. The van der Waals surface area contributed by atoms with Crippen LogP contribution in [0.3, 0.4) is 0 Å². The summed E-state index contributed by atoms with van der Waals surface area (Å²) in [7, 11) is 2.61. The lowest BCUT2D eigenvalue weighted by Crippen LogP contribution is -2.22. The number of ether oxygens (including phenoxy) is 3. The van der Waals surface area contributed by atoms with Crippen molar-refractivity contribution in [3.8, 4) is 5.75 Å². The molecule has 9 heteroatoms. The van der Waals surface area contributed by atoms with Crippen LogP contribution in [0.1, 0.15) is 31.2 Å². The molecule has 0 fully saturated rings. The molecule has 1 aromatic heterocycles. The molecule has 0 unspecified atom stereocenters. The molecule has 0 saturated heterocycles. The van der Waals surface area contributed by atoms with Gasteiger partial charge in [0.15, 0.2) is 6.61 Å². The van der Waals surface area contributed by atoms with E-state index >= 15 is 0 Å². The third-order valence-corrected chi connectivity index (χ3v) is 4.88. The maximum absolute atomic E-state index is 13.9. The summed E-state index contributed by atoms with van der Waals surface area (Å²) in [5.74, 6) is -2.80. The zero-order valence-electron chi connectivity index (χ0n) is 15.2. The Balaban J connectivity index is 2.04. The van der Waals surface area contributed by atoms with Crippen LogP contribution < -0.4 is 10.1 Å². The minimum Gasteiger partial charge on any atom is -0.497 e. The van der Waals surface area contributed by atoms with Gasteiger partial charge in [-0.25, -0.2) is 14.0 Å².